The fourth-order valence-corrected chi connectivity index (χ4v) is 5.70. The van der Waals surface area contributed by atoms with Gasteiger partial charge in [0.2, 0.25) is 0 Å². The Morgan fingerprint density at radius 1 is 0.829 bits per heavy atom. The number of aliphatic hydroxyl groups is 4. The van der Waals surface area contributed by atoms with Crippen LogP contribution in [0, 0.1) is 0 Å². The monoisotopic (exact) mass is 596 g/mol. The van der Waals surface area contributed by atoms with E-state index in [9.17, 15) is 29.9 Å². The van der Waals surface area contributed by atoms with Crippen molar-refractivity contribution in [2.45, 2.75) is 49.1 Å². The Bertz CT molecular complexity index is 1620. The predicted octanol–water partition coefficient (Wildman–Crippen LogP) is -2.80. The van der Waals surface area contributed by atoms with Crippen LogP contribution in [0.4, 0.5) is 11.6 Å². The van der Waals surface area contributed by atoms with Crippen LogP contribution in [0.3, 0.4) is 0 Å². The van der Waals surface area contributed by atoms with Gasteiger partial charge in [0.25, 0.3) is 0 Å². The molecule has 4 aromatic heterocycles. The summed E-state index contributed by atoms with van der Waals surface area (Å²) in [5.74, 6) is 0.161. The fraction of sp³-hybridized carbons (Fsp3) is 0.500. The number of ether oxygens (including phenoxy) is 2. The van der Waals surface area contributed by atoms with Gasteiger partial charge in [-0.1, -0.05) is 0 Å². The Morgan fingerprint density at radius 3 is 1.98 bits per heavy atom. The van der Waals surface area contributed by atoms with E-state index < -0.39 is 70.1 Å². The van der Waals surface area contributed by atoms with Gasteiger partial charge in [0.05, 0.1) is 25.9 Å². The van der Waals surface area contributed by atoms with E-state index in [2.05, 4.69) is 29.9 Å². The smallest absolute Gasteiger partial charge is 0.394 e. The Hall–Kier alpha value is -3.43. The zero-order chi connectivity index (χ0) is 29.1. The first-order valence-corrected chi connectivity index (χ1v) is 13.6. The minimum Gasteiger partial charge on any atom is -0.394 e. The molecule has 6 heterocycles. The molecule has 2 fully saturated rings. The number of hydrogen-bond donors (Lipinski definition) is 7. The summed E-state index contributed by atoms with van der Waals surface area (Å²) in [6.07, 6.45) is -6.23. The zero-order valence-corrected chi connectivity index (χ0v) is 21.7. The second-order valence-electron chi connectivity index (χ2n) is 9.28. The van der Waals surface area contributed by atoms with E-state index in [1.165, 1.54) is 34.4 Å². The van der Waals surface area contributed by atoms with Crippen molar-refractivity contribution in [1.82, 2.24) is 39.0 Å². The lowest BCUT2D eigenvalue weighted by Crippen LogP contribution is -2.36. The van der Waals surface area contributed by atoms with Crippen molar-refractivity contribution in [3.05, 3.63) is 25.3 Å². The average Bonchev–Trinajstić information content (AvgIpc) is 3.70. The number of imidazole rings is 2. The van der Waals surface area contributed by atoms with E-state index in [1.54, 1.807) is 0 Å². The summed E-state index contributed by atoms with van der Waals surface area (Å²) in [7, 11) is -4.99. The van der Waals surface area contributed by atoms with Crippen molar-refractivity contribution in [3.63, 3.8) is 0 Å². The maximum atomic E-state index is 13.0. The molecule has 0 bridgehead atoms. The van der Waals surface area contributed by atoms with Gasteiger partial charge in [-0.25, -0.2) is 34.5 Å². The standard InChI is InChI=1S/C20H25N10O10P/c21-15-9-17(25-3-23-15)29(5-27-9)19-13(34)11(32)8(39-19)2-37-41(35,36)40-14-12(33)7(1-31)38-20(14)30-6-28-10-16(22)24-4-26-18(10)30/h3-8,11-14,19-20,31-34H,1-2H2,(H,35,36)(H2,21,23,25)(H2,22,24,26)/t7-,8-,11-,12-,13-,14-,19?,20-/m1/s1. The summed E-state index contributed by atoms with van der Waals surface area (Å²) in [5, 5.41) is 41.5. The van der Waals surface area contributed by atoms with Gasteiger partial charge in [-0.3, -0.25) is 18.2 Å². The van der Waals surface area contributed by atoms with Gasteiger partial charge in [0, 0.05) is 0 Å². The molecule has 41 heavy (non-hydrogen) atoms. The lowest BCUT2D eigenvalue weighted by molar-refractivity contribution is -0.0616. The van der Waals surface area contributed by atoms with Crippen molar-refractivity contribution >= 4 is 41.8 Å². The summed E-state index contributed by atoms with van der Waals surface area (Å²) in [6.45, 7) is -1.35. The number of nitrogens with two attached hydrogens (primary N) is 2. The van der Waals surface area contributed by atoms with Gasteiger partial charge in [0.15, 0.2) is 35.4 Å². The van der Waals surface area contributed by atoms with Crippen molar-refractivity contribution in [1.29, 1.82) is 0 Å². The van der Waals surface area contributed by atoms with Gasteiger partial charge in [-0.2, -0.15) is 0 Å². The van der Waals surface area contributed by atoms with Crippen LogP contribution in [0.5, 0.6) is 0 Å². The first kappa shape index (κ1) is 27.7. The lowest BCUT2D eigenvalue weighted by Gasteiger charge is -2.24. The Balaban J connectivity index is 1.18. The first-order chi connectivity index (χ1) is 19.6. The molecule has 21 heteroatoms. The molecule has 0 amide bonds. The number of aliphatic hydroxyl groups excluding tert-OH is 4. The van der Waals surface area contributed by atoms with Gasteiger partial charge in [0.1, 0.15) is 60.3 Å². The maximum Gasteiger partial charge on any atom is 0.472 e. The summed E-state index contributed by atoms with van der Waals surface area (Å²) in [4.78, 5) is 34.6. The van der Waals surface area contributed by atoms with E-state index in [1.807, 2.05) is 0 Å². The summed E-state index contributed by atoms with van der Waals surface area (Å²) in [5.41, 5.74) is 12.5. The Kier molecular flexibility index (Phi) is 7.06. The van der Waals surface area contributed by atoms with Gasteiger partial charge < -0.3 is 46.3 Å². The maximum absolute atomic E-state index is 13.0. The number of nitrogens with zero attached hydrogens (tertiary/aromatic N) is 8. The number of rotatable bonds is 8. The van der Waals surface area contributed by atoms with Crippen LogP contribution in [0.2, 0.25) is 0 Å². The number of fused-ring (bicyclic) bond motifs is 2. The third kappa shape index (κ3) is 4.78. The second kappa shape index (κ2) is 10.4. The summed E-state index contributed by atoms with van der Waals surface area (Å²) >= 11 is 0. The van der Waals surface area contributed by atoms with Crippen molar-refractivity contribution < 1.29 is 48.4 Å². The second-order valence-corrected chi connectivity index (χ2v) is 10.7. The highest BCUT2D eigenvalue weighted by Crippen LogP contribution is 2.50. The molecule has 2 aliphatic rings. The van der Waals surface area contributed by atoms with E-state index in [0.717, 1.165) is 0 Å². The van der Waals surface area contributed by atoms with Crippen LogP contribution in [0.25, 0.3) is 22.3 Å². The first-order valence-electron chi connectivity index (χ1n) is 12.1. The molecule has 6 rings (SSSR count). The van der Waals surface area contributed by atoms with Gasteiger partial charge in [-0.15, -0.1) is 0 Å². The SMILES string of the molecule is Nc1ncnc2c1ncn2C1O[C@H](COP(=O)(O)O[C@@H]2[C@H](O)[C@@H](CO)O[C@H]2n2cnc3c(N)ncnc32)[C@@H](O)[C@H]1O. The zero-order valence-electron chi connectivity index (χ0n) is 20.8. The van der Waals surface area contributed by atoms with E-state index in [0.29, 0.717) is 0 Å². The molecule has 0 aromatic carbocycles. The Labute approximate surface area is 228 Å². The third-order valence-corrected chi connectivity index (χ3v) is 7.79. The fourth-order valence-electron chi connectivity index (χ4n) is 4.77. The summed E-state index contributed by atoms with van der Waals surface area (Å²) < 4.78 is 37.3. The molecule has 4 aromatic rings. The van der Waals surface area contributed by atoms with Crippen LogP contribution in [-0.4, -0.2) is 114 Å². The minimum atomic E-state index is -4.99. The molecule has 20 nitrogen and oxygen atoms in total. The van der Waals surface area contributed by atoms with Gasteiger partial charge in [-0.05, 0) is 0 Å². The molecule has 0 radical (unpaired) electrons. The molecule has 0 spiro atoms. The minimum absolute atomic E-state index is 0.0647. The molecule has 0 aliphatic carbocycles. The summed E-state index contributed by atoms with van der Waals surface area (Å²) in [6, 6.07) is 0. The molecule has 0 saturated carbocycles. The van der Waals surface area contributed by atoms with Crippen LogP contribution in [0.1, 0.15) is 12.5 Å². The predicted molar refractivity (Wildman–Crippen MR) is 133 cm³/mol. The number of hydrogen-bond acceptors (Lipinski definition) is 17. The topological polar surface area (TPSA) is 294 Å². The van der Waals surface area contributed by atoms with E-state index >= 15 is 0 Å². The van der Waals surface area contributed by atoms with Gasteiger partial charge >= 0.3 is 7.82 Å². The molecule has 2 unspecified atom stereocenters. The highest BCUT2D eigenvalue weighted by atomic mass is 31.2. The average molecular weight is 596 g/mol. The number of phosphoric acid groups is 1. The third-order valence-electron chi connectivity index (χ3n) is 6.81. The van der Waals surface area contributed by atoms with Crippen molar-refractivity contribution in [3.8, 4) is 0 Å². The molecule has 9 atom stereocenters. The normalized spacial score (nSPS) is 31.7. The van der Waals surface area contributed by atoms with E-state index in [-0.39, 0.29) is 34.0 Å². The highest BCUT2D eigenvalue weighted by Gasteiger charge is 2.50. The van der Waals surface area contributed by atoms with Crippen LogP contribution in [0.15, 0.2) is 25.3 Å². The van der Waals surface area contributed by atoms with Crippen LogP contribution < -0.4 is 11.5 Å². The number of nitrogen functional groups attached to an aromatic ring is 2. The lowest BCUT2D eigenvalue weighted by atomic mass is 10.1. The van der Waals surface area contributed by atoms with Crippen molar-refractivity contribution in [2.24, 2.45) is 0 Å². The molecule has 220 valence electrons. The highest BCUT2D eigenvalue weighted by molar-refractivity contribution is 7.47. The number of anilines is 2. The number of aromatic nitrogens is 8. The molecule has 2 saturated heterocycles. The molecular formula is C20H25N10O10P. The van der Waals surface area contributed by atoms with Crippen molar-refractivity contribution in [2.75, 3.05) is 24.7 Å². The molecular weight excluding hydrogens is 571 g/mol. The Morgan fingerprint density at radius 2 is 1.39 bits per heavy atom. The van der Waals surface area contributed by atoms with Crippen LogP contribution in [-0.2, 0) is 23.1 Å². The molecule has 2 aliphatic heterocycles. The van der Waals surface area contributed by atoms with Crippen LogP contribution >= 0.6 is 7.82 Å². The quantitative estimate of drug-likeness (QED) is 0.101. The largest absolute Gasteiger partial charge is 0.472 e. The molecule has 9 N–H and O–H groups in total. The number of phosphoric ester groups is 1. The van der Waals surface area contributed by atoms with E-state index in [4.69, 9.17) is 30.0 Å².